The number of halogens is 2. The Labute approximate surface area is 132 Å². The molecule has 23 heavy (non-hydrogen) atoms. The summed E-state index contributed by atoms with van der Waals surface area (Å²) in [5, 5.41) is 2.66. The summed E-state index contributed by atoms with van der Waals surface area (Å²) in [7, 11) is 0. The van der Waals surface area contributed by atoms with Crippen molar-refractivity contribution in [2.24, 2.45) is 0 Å². The van der Waals surface area contributed by atoms with Crippen LogP contribution < -0.4 is 5.32 Å². The highest BCUT2D eigenvalue weighted by Gasteiger charge is 2.16. The van der Waals surface area contributed by atoms with Crippen molar-refractivity contribution in [2.75, 3.05) is 6.61 Å². The van der Waals surface area contributed by atoms with Crippen LogP contribution in [0.1, 0.15) is 28.9 Å². The van der Waals surface area contributed by atoms with Crippen molar-refractivity contribution >= 4 is 11.9 Å². The minimum Gasteiger partial charge on any atom is -0.452 e. The summed E-state index contributed by atoms with van der Waals surface area (Å²) in [6, 6.07) is 11.5. The molecule has 0 saturated carbocycles. The zero-order valence-corrected chi connectivity index (χ0v) is 12.4. The Morgan fingerprint density at radius 2 is 1.83 bits per heavy atom. The fourth-order valence-corrected chi connectivity index (χ4v) is 1.97. The van der Waals surface area contributed by atoms with Crippen molar-refractivity contribution < 1.29 is 23.1 Å². The van der Waals surface area contributed by atoms with Crippen LogP contribution in [-0.4, -0.2) is 18.5 Å². The molecular formula is C17H15F2NO3. The lowest BCUT2D eigenvalue weighted by molar-refractivity contribution is -0.124. The third-order valence-corrected chi connectivity index (χ3v) is 3.16. The maximum atomic E-state index is 13.4. The molecular weight excluding hydrogens is 304 g/mol. The number of hydrogen-bond donors (Lipinski definition) is 1. The third-order valence-electron chi connectivity index (χ3n) is 3.16. The van der Waals surface area contributed by atoms with Gasteiger partial charge in [0, 0.05) is 6.07 Å². The molecule has 1 atom stereocenters. The lowest BCUT2D eigenvalue weighted by atomic mass is 10.1. The molecule has 2 aromatic carbocycles. The Hall–Kier alpha value is -2.76. The van der Waals surface area contributed by atoms with Crippen LogP contribution in [-0.2, 0) is 9.53 Å². The number of carbonyl (C=O) groups excluding carboxylic acids is 2. The van der Waals surface area contributed by atoms with E-state index < -0.39 is 35.7 Å². The van der Waals surface area contributed by atoms with Gasteiger partial charge in [-0.2, -0.15) is 0 Å². The molecule has 0 saturated heterocycles. The van der Waals surface area contributed by atoms with E-state index in [9.17, 15) is 18.4 Å². The van der Waals surface area contributed by atoms with Crippen LogP contribution in [0.2, 0.25) is 0 Å². The zero-order chi connectivity index (χ0) is 16.8. The molecule has 0 aliphatic carbocycles. The predicted octanol–water partition coefficient (Wildman–Crippen LogP) is 3.00. The van der Waals surface area contributed by atoms with E-state index >= 15 is 0 Å². The van der Waals surface area contributed by atoms with Crippen molar-refractivity contribution in [3.63, 3.8) is 0 Å². The van der Waals surface area contributed by atoms with E-state index in [1.54, 1.807) is 6.92 Å². The highest BCUT2D eigenvalue weighted by atomic mass is 19.1. The van der Waals surface area contributed by atoms with E-state index in [0.29, 0.717) is 6.07 Å². The van der Waals surface area contributed by atoms with Crippen LogP contribution in [0.3, 0.4) is 0 Å². The van der Waals surface area contributed by atoms with Crippen molar-refractivity contribution in [3.8, 4) is 0 Å². The first-order valence-corrected chi connectivity index (χ1v) is 6.94. The number of ether oxygens (including phenoxy) is 1. The van der Waals surface area contributed by atoms with E-state index in [1.807, 2.05) is 30.3 Å². The first kappa shape index (κ1) is 16.6. The van der Waals surface area contributed by atoms with Gasteiger partial charge in [0.05, 0.1) is 11.6 Å². The molecule has 0 radical (unpaired) electrons. The molecule has 0 spiro atoms. The van der Waals surface area contributed by atoms with Gasteiger partial charge in [0.25, 0.3) is 5.91 Å². The highest BCUT2D eigenvalue weighted by molar-refractivity contribution is 5.91. The number of hydrogen-bond acceptors (Lipinski definition) is 3. The molecule has 0 aromatic heterocycles. The minimum absolute atomic E-state index is 0.259. The van der Waals surface area contributed by atoms with Gasteiger partial charge in [-0.25, -0.2) is 13.6 Å². The van der Waals surface area contributed by atoms with Crippen LogP contribution in [0.4, 0.5) is 8.78 Å². The molecule has 0 fully saturated rings. The molecule has 0 bridgehead atoms. The van der Waals surface area contributed by atoms with Crippen LogP contribution in [0, 0.1) is 11.6 Å². The predicted molar refractivity (Wildman–Crippen MR) is 79.6 cm³/mol. The second kappa shape index (κ2) is 7.49. The quantitative estimate of drug-likeness (QED) is 0.862. The molecule has 0 aliphatic rings. The molecule has 2 aromatic rings. The van der Waals surface area contributed by atoms with Gasteiger partial charge in [-0.1, -0.05) is 30.3 Å². The van der Waals surface area contributed by atoms with Gasteiger partial charge in [0.15, 0.2) is 6.61 Å². The Balaban J connectivity index is 1.88. The standard InChI is InChI=1S/C17H15F2NO3/c1-11(12-5-3-2-4-6-12)20-16(21)10-23-17(22)14-8-7-13(18)9-15(14)19/h2-9,11H,10H2,1H3,(H,20,21). The van der Waals surface area contributed by atoms with E-state index in [1.165, 1.54) is 0 Å². The molecule has 6 heteroatoms. The molecule has 4 nitrogen and oxygen atoms in total. The van der Waals surface area contributed by atoms with E-state index in [-0.39, 0.29) is 6.04 Å². The number of nitrogens with one attached hydrogen (secondary N) is 1. The van der Waals surface area contributed by atoms with Crippen molar-refractivity contribution in [1.29, 1.82) is 0 Å². The number of amides is 1. The summed E-state index contributed by atoms with van der Waals surface area (Å²) in [5.74, 6) is -3.37. The Morgan fingerprint density at radius 1 is 1.13 bits per heavy atom. The van der Waals surface area contributed by atoms with Gasteiger partial charge < -0.3 is 10.1 Å². The lowest BCUT2D eigenvalue weighted by Gasteiger charge is -2.14. The summed E-state index contributed by atoms with van der Waals surface area (Å²) >= 11 is 0. The molecule has 1 unspecified atom stereocenters. The number of esters is 1. The van der Waals surface area contributed by atoms with Gasteiger partial charge >= 0.3 is 5.97 Å². The number of benzene rings is 2. The summed E-state index contributed by atoms with van der Waals surface area (Å²) in [5.41, 5.74) is 0.479. The van der Waals surface area contributed by atoms with Gasteiger partial charge in [0.1, 0.15) is 11.6 Å². The smallest absolute Gasteiger partial charge is 0.341 e. The Kier molecular flexibility index (Phi) is 5.41. The first-order valence-electron chi connectivity index (χ1n) is 6.94. The number of rotatable bonds is 5. The van der Waals surface area contributed by atoms with Gasteiger partial charge in [-0.3, -0.25) is 4.79 Å². The fraction of sp³-hybridized carbons (Fsp3) is 0.176. The normalized spacial score (nSPS) is 11.6. The van der Waals surface area contributed by atoms with Crippen LogP contribution >= 0.6 is 0 Å². The molecule has 120 valence electrons. The molecule has 0 aliphatic heterocycles. The highest BCUT2D eigenvalue weighted by Crippen LogP contribution is 2.12. The first-order chi connectivity index (χ1) is 11.0. The largest absolute Gasteiger partial charge is 0.452 e. The van der Waals surface area contributed by atoms with Crippen LogP contribution in [0.25, 0.3) is 0 Å². The number of carbonyl (C=O) groups is 2. The Bertz CT molecular complexity index is 704. The van der Waals surface area contributed by atoms with Gasteiger partial charge in [-0.05, 0) is 24.6 Å². The van der Waals surface area contributed by atoms with Crippen LogP contribution in [0.5, 0.6) is 0 Å². The van der Waals surface area contributed by atoms with E-state index in [0.717, 1.165) is 17.7 Å². The topological polar surface area (TPSA) is 55.4 Å². The van der Waals surface area contributed by atoms with Crippen LogP contribution in [0.15, 0.2) is 48.5 Å². The molecule has 1 amide bonds. The average molecular weight is 319 g/mol. The van der Waals surface area contributed by atoms with Crippen molar-refractivity contribution in [2.45, 2.75) is 13.0 Å². The zero-order valence-electron chi connectivity index (χ0n) is 12.4. The van der Waals surface area contributed by atoms with Gasteiger partial charge in [0.2, 0.25) is 0 Å². The molecule has 1 N–H and O–H groups in total. The summed E-state index contributed by atoms with van der Waals surface area (Å²) in [4.78, 5) is 23.4. The third kappa shape index (κ3) is 4.60. The van der Waals surface area contributed by atoms with Gasteiger partial charge in [-0.15, -0.1) is 0 Å². The monoisotopic (exact) mass is 319 g/mol. The summed E-state index contributed by atoms with van der Waals surface area (Å²) in [6.07, 6.45) is 0. The maximum Gasteiger partial charge on any atom is 0.341 e. The van der Waals surface area contributed by atoms with Crippen molar-refractivity contribution in [1.82, 2.24) is 5.32 Å². The minimum atomic E-state index is -1.03. The van der Waals surface area contributed by atoms with Crippen molar-refractivity contribution in [3.05, 3.63) is 71.3 Å². The van der Waals surface area contributed by atoms with E-state index in [2.05, 4.69) is 5.32 Å². The molecule has 0 heterocycles. The second-order valence-corrected chi connectivity index (χ2v) is 4.90. The SMILES string of the molecule is CC(NC(=O)COC(=O)c1ccc(F)cc1F)c1ccccc1. The lowest BCUT2D eigenvalue weighted by Crippen LogP contribution is -2.31. The summed E-state index contributed by atoms with van der Waals surface area (Å²) < 4.78 is 30.9. The molecule has 2 rings (SSSR count). The average Bonchev–Trinajstić information content (AvgIpc) is 2.53. The second-order valence-electron chi connectivity index (χ2n) is 4.90. The van der Waals surface area contributed by atoms with E-state index in [4.69, 9.17) is 4.74 Å². The maximum absolute atomic E-state index is 13.4. The fourth-order valence-electron chi connectivity index (χ4n) is 1.97. The summed E-state index contributed by atoms with van der Waals surface area (Å²) in [6.45, 7) is 1.24. The Morgan fingerprint density at radius 3 is 2.48 bits per heavy atom.